The van der Waals surface area contributed by atoms with Crippen LogP contribution in [0, 0.1) is 11.8 Å². The minimum atomic E-state index is -0.368. The number of fused-ring (bicyclic) bond motifs is 1. The maximum Gasteiger partial charge on any atom is 0.410 e. The number of nitrogens with zero attached hydrogens (tertiary/aromatic N) is 1. The van der Waals surface area contributed by atoms with Crippen LogP contribution in [-0.2, 0) is 4.74 Å². The van der Waals surface area contributed by atoms with Crippen molar-refractivity contribution >= 4 is 6.09 Å². The largest absolute Gasteiger partial charge is 0.444 e. The van der Waals surface area contributed by atoms with Gasteiger partial charge in [0.25, 0.3) is 0 Å². The highest BCUT2D eigenvalue weighted by molar-refractivity contribution is 5.69. The number of amides is 1. The van der Waals surface area contributed by atoms with Crippen LogP contribution in [0.1, 0.15) is 48.0 Å². The zero-order valence-electron chi connectivity index (χ0n) is 11.4. The van der Waals surface area contributed by atoms with E-state index in [2.05, 4.69) is 6.92 Å². The van der Waals surface area contributed by atoms with Gasteiger partial charge >= 0.3 is 6.09 Å². The van der Waals surface area contributed by atoms with Gasteiger partial charge in [-0.25, -0.2) is 4.79 Å². The molecule has 3 fully saturated rings. The molecule has 1 aliphatic carbocycles. The summed E-state index contributed by atoms with van der Waals surface area (Å²) in [5.41, 5.74) is -0.368. The second kappa shape index (κ2) is 4.64. The molecular formula is C13H25NO2. The van der Waals surface area contributed by atoms with Gasteiger partial charge in [0.1, 0.15) is 5.60 Å². The number of carbonyl (C=O) groups is 1. The summed E-state index contributed by atoms with van der Waals surface area (Å²) in [4.78, 5) is 13.7. The van der Waals surface area contributed by atoms with Crippen molar-refractivity contribution in [3.05, 3.63) is 0 Å². The summed E-state index contributed by atoms with van der Waals surface area (Å²) in [5, 5.41) is 0. The van der Waals surface area contributed by atoms with Gasteiger partial charge in [-0.1, -0.05) is 20.8 Å². The van der Waals surface area contributed by atoms with Crippen molar-refractivity contribution in [2.24, 2.45) is 11.8 Å². The number of hydrogen-bond donors (Lipinski definition) is 0. The Hall–Kier alpha value is -0.730. The fourth-order valence-corrected chi connectivity index (χ4v) is 2.43. The molecule has 2 saturated heterocycles. The molecular weight excluding hydrogens is 202 g/mol. The Morgan fingerprint density at radius 3 is 2.19 bits per heavy atom. The third-order valence-corrected chi connectivity index (χ3v) is 3.35. The van der Waals surface area contributed by atoms with Gasteiger partial charge in [-0.15, -0.1) is 0 Å². The zero-order valence-corrected chi connectivity index (χ0v) is 11.4. The second-order valence-corrected chi connectivity index (χ2v) is 5.55. The van der Waals surface area contributed by atoms with Crippen LogP contribution in [0.3, 0.4) is 0 Å². The molecule has 16 heavy (non-hydrogen) atoms. The van der Waals surface area contributed by atoms with E-state index >= 15 is 0 Å². The van der Waals surface area contributed by atoms with Gasteiger partial charge in [-0.2, -0.15) is 0 Å². The van der Waals surface area contributed by atoms with E-state index in [4.69, 9.17) is 4.74 Å². The van der Waals surface area contributed by atoms with Gasteiger partial charge in [0.05, 0.1) is 0 Å². The van der Waals surface area contributed by atoms with E-state index in [1.807, 2.05) is 39.5 Å². The van der Waals surface area contributed by atoms with Crippen LogP contribution >= 0.6 is 0 Å². The average molecular weight is 227 g/mol. The molecule has 3 atom stereocenters. The van der Waals surface area contributed by atoms with Crippen LogP contribution < -0.4 is 0 Å². The molecule has 94 valence electrons. The maximum atomic E-state index is 11.7. The summed E-state index contributed by atoms with van der Waals surface area (Å²) < 4.78 is 5.35. The molecule has 1 amide bonds. The van der Waals surface area contributed by atoms with Crippen LogP contribution in [0.2, 0.25) is 0 Å². The fraction of sp³-hybridized carbons (Fsp3) is 0.923. The van der Waals surface area contributed by atoms with Crippen LogP contribution in [-0.4, -0.2) is 29.2 Å². The van der Waals surface area contributed by atoms with Crippen molar-refractivity contribution in [3.63, 3.8) is 0 Å². The van der Waals surface area contributed by atoms with Crippen LogP contribution in [0.4, 0.5) is 4.79 Å². The first kappa shape index (κ1) is 13.3. The molecule has 3 nitrogen and oxygen atoms in total. The maximum absolute atomic E-state index is 11.7. The van der Waals surface area contributed by atoms with E-state index in [-0.39, 0.29) is 11.7 Å². The van der Waals surface area contributed by atoms with Crippen LogP contribution in [0.5, 0.6) is 0 Å². The van der Waals surface area contributed by atoms with E-state index in [1.54, 1.807) is 0 Å². The Morgan fingerprint density at radius 2 is 1.88 bits per heavy atom. The lowest BCUT2D eigenvalue weighted by Gasteiger charge is -2.34. The molecule has 0 aromatic rings. The van der Waals surface area contributed by atoms with Gasteiger partial charge in [0.15, 0.2) is 0 Å². The first-order chi connectivity index (χ1) is 7.38. The molecule has 2 heterocycles. The zero-order chi connectivity index (χ0) is 12.5. The Balaban J connectivity index is 0.000000606. The topological polar surface area (TPSA) is 29.5 Å². The highest BCUT2D eigenvalue weighted by Gasteiger charge is 2.52. The highest BCUT2D eigenvalue weighted by atomic mass is 16.6. The SMILES string of the molecule is CC.C[C@H]1[C@H]2C[C@@H]1N(C(=O)OC(C)(C)C)C2. The lowest BCUT2D eigenvalue weighted by Crippen LogP contribution is -2.42. The molecule has 0 radical (unpaired) electrons. The highest BCUT2D eigenvalue weighted by Crippen LogP contribution is 2.46. The third kappa shape index (κ3) is 2.50. The van der Waals surface area contributed by atoms with Crippen molar-refractivity contribution in [1.82, 2.24) is 4.90 Å². The quantitative estimate of drug-likeness (QED) is 0.635. The number of hydrogen-bond acceptors (Lipinski definition) is 2. The minimum absolute atomic E-state index is 0.130. The number of rotatable bonds is 0. The summed E-state index contributed by atoms with van der Waals surface area (Å²) in [7, 11) is 0. The molecule has 1 saturated carbocycles. The smallest absolute Gasteiger partial charge is 0.410 e. The van der Waals surface area contributed by atoms with E-state index in [1.165, 1.54) is 6.42 Å². The van der Waals surface area contributed by atoms with Crippen molar-refractivity contribution < 1.29 is 9.53 Å². The second-order valence-electron chi connectivity index (χ2n) is 5.55. The van der Waals surface area contributed by atoms with Gasteiger partial charge in [0.2, 0.25) is 0 Å². The molecule has 2 aliphatic heterocycles. The summed E-state index contributed by atoms with van der Waals surface area (Å²) in [6.45, 7) is 12.9. The Bertz CT molecular complexity index is 257. The normalized spacial score (nSPS) is 31.4. The van der Waals surface area contributed by atoms with Gasteiger partial charge in [0, 0.05) is 12.6 Å². The Morgan fingerprint density at radius 1 is 1.31 bits per heavy atom. The molecule has 3 heteroatoms. The minimum Gasteiger partial charge on any atom is -0.444 e. The number of ether oxygens (including phenoxy) is 1. The lowest BCUT2D eigenvalue weighted by molar-refractivity contribution is 0.0211. The third-order valence-electron chi connectivity index (χ3n) is 3.35. The van der Waals surface area contributed by atoms with E-state index in [9.17, 15) is 4.79 Å². The van der Waals surface area contributed by atoms with E-state index in [0.29, 0.717) is 12.0 Å². The first-order valence-electron chi connectivity index (χ1n) is 6.38. The van der Waals surface area contributed by atoms with Crippen molar-refractivity contribution in [2.45, 2.75) is 59.6 Å². The monoisotopic (exact) mass is 227 g/mol. The van der Waals surface area contributed by atoms with Gasteiger partial charge in [-0.3, -0.25) is 0 Å². The van der Waals surface area contributed by atoms with Crippen LogP contribution in [0.15, 0.2) is 0 Å². The summed E-state index contributed by atoms with van der Waals surface area (Å²) in [6.07, 6.45) is 1.05. The van der Waals surface area contributed by atoms with Crippen LogP contribution in [0.25, 0.3) is 0 Å². The van der Waals surface area contributed by atoms with Crippen molar-refractivity contribution in [1.29, 1.82) is 0 Å². The molecule has 0 aromatic carbocycles. The van der Waals surface area contributed by atoms with E-state index < -0.39 is 0 Å². The van der Waals surface area contributed by atoms with Crippen molar-refractivity contribution in [3.8, 4) is 0 Å². The summed E-state index contributed by atoms with van der Waals surface area (Å²) in [5.74, 6) is 1.41. The fourth-order valence-electron chi connectivity index (χ4n) is 2.43. The molecule has 0 unspecified atom stereocenters. The number of carbonyl (C=O) groups excluding carboxylic acids is 1. The Labute approximate surface area is 99.1 Å². The van der Waals surface area contributed by atoms with E-state index in [0.717, 1.165) is 12.5 Å². The summed E-state index contributed by atoms with van der Waals surface area (Å²) >= 11 is 0. The van der Waals surface area contributed by atoms with Gasteiger partial charge < -0.3 is 9.64 Å². The Kier molecular flexibility index (Phi) is 3.87. The molecule has 3 rings (SSSR count). The standard InChI is InChI=1S/C11H19NO2.C2H6/c1-7-8-5-9(7)12(6-8)10(13)14-11(2,3)4;1-2/h7-9H,5-6H2,1-4H3;1-2H3/t7-,8-,9-;/m0./s1. The predicted molar refractivity (Wildman–Crippen MR) is 65.3 cm³/mol. The molecule has 2 bridgehead atoms. The lowest BCUT2D eigenvalue weighted by atomic mass is 9.75. The molecule has 3 aliphatic rings. The molecule has 0 aromatic heterocycles. The molecule has 0 N–H and O–H groups in total. The van der Waals surface area contributed by atoms with Gasteiger partial charge in [-0.05, 0) is 39.0 Å². The average Bonchev–Trinajstić information content (AvgIpc) is 2.74. The van der Waals surface area contributed by atoms with Crippen molar-refractivity contribution in [2.75, 3.05) is 6.54 Å². The predicted octanol–water partition coefficient (Wildman–Crippen LogP) is 3.29. The molecule has 0 spiro atoms. The first-order valence-corrected chi connectivity index (χ1v) is 6.38. The summed E-state index contributed by atoms with van der Waals surface area (Å²) in [6, 6.07) is 0.454.